The average molecular weight is 266 g/mol. The number of carbonyl (C=O) groups excluding carboxylic acids is 1. The zero-order valence-electron chi connectivity index (χ0n) is 12.5. The number of amides is 1. The molecule has 0 unspecified atom stereocenters. The summed E-state index contributed by atoms with van der Waals surface area (Å²) in [5, 5.41) is 3.51. The van der Waals surface area contributed by atoms with Gasteiger partial charge in [-0.25, -0.2) is 0 Å². The van der Waals surface area contributed by atoms with Gasteiger partial charge in [0.15, 0.2) is 0 Å². The van der Waals surface area contributed by atoms with E-state index in [0.29, 0.717) is 5.91 Å². The minimum absolute atomic E-state index is 0.165. The third kappa shape index (κ3) is 3.71. The fourth-order valence-corrected chi connectivity index (χ4v) is 3.73. The zero-order chi connectivity index (χ0) is 13.6. The Labute approximate surface area is 118 Å². The number of nitrogens with zero attached hydrogens (tertiary/aromatic N) is 1. The Morgan fingerprint density at radius 1 is 1.16 bits per heavy atom. The highest BCUT2D eigenvalue weighted by atomic mass is 16.2. The highest BCUT2D eigenvalue weighted by molar-refractivity contribution is 5.77. The second-order valence-corrected chi connectivity index (χ2v) is 6.32. The number of rotatable bonds is 5. The molecule has 19 heavy (non-hydrogen) atoms. The number of unbranched alkanes of at least 4 members (excludes halogenated alkanes) is 3. The minimum atomic E-state index is 0.165. The van der Waals surface area contributed by atoms with Crippen molar-refractivity contribution in [3.8, 4) is 0 Å². The van der Waals surface area contributed by atoms with E-state index in [-0.39, 0.29) is 5.54 Å². The third-order valence-electron chi connectivity index (χ3n) is 4.87. The summed E-state index contributed by atoms with van der Waals surface area (Å²) in [6, 6.07) is 0. The summed E-state index contributed by atoms with van der Waals surface area (Å²) in [4.78, 5) is 14.8. The molecule has 2 rings (SSSR count). The van der Waals surface area contributed by atoms with Crippen LogP contribution in [0.3, 0.4) is 0 Å². The third-order valence-corrected chi connectivity index (χ3v) is 4.87. The lowest BCUT2D eigenvalue weighted by atomic mass is 9.79. The van der Waals surface area contributed by atoms with Crippen LogP contribution in [0.1, 0.15) is 71.1 Å². The summed E-state index contributed by atoms with van der Waals surface area (Å²) in [6.07, 6.45) is 11.9. The van der Waals surface area contributed by atoms with Crippen molar-refractivity contribution in [2.24, 2.45) is 0 Å². The maximum atomic E-state index is 12.5. The molecular weight excluding hydrogens is 236 g/mol. The lowest BCUT2D eigenvalue weighted by Crippen LogP contribution is -2.63. The molecular formula is C16H30N2O. The summed E-state index contributed by atoms with van der Waals surface area (Å²) in [5.41, 5.74) is 0.165. The standard InChI is InChI=1S/C16H30N2O/c1-2-3-4-6-9-15(19)18-13-12-17-14-16(18)10-7-5-8-11-16/h17H,2-14H2,1H3. The maximum Gasteiger partial charge on any atom is 0.223 e. The Bertz CT molecular complexity index is 276. The fraction of sp³-hybridized carbons (Fsp3) is 0.938. The smallest absolute Gasteiger partial charge is 0.223 e. The number of carbonyl (C=O) groups is 1. The van der Waals surface area contributed by atoms with E-state index in [1.54, 1.807) is 0 Å². The quantitative estimate of drug-likeness (QED) is 0.776. The Kier molecular flexibility index (Phi) is 5.68. The van der Waals surface area contributed by atoms with Crippen LogP contribution in [0.25, 0.3) is 0 Å². The van der Waals surface area contributed by atoms with E-state index >= 15 is 0 Å². The Hall–Kier alpha value is -0.570. The van der Waals surface area contributed by atoms with Gasteiger partial charge in [-0.1, -0.05) is 45.4 Å². The van der Waals surface area contributed by atoms with E-state index < -0.39 is 0 Å². The predicted molar refractivity (Wildman–Crippen MR) is 79.2 cm³/mol. The average Bonchev–Trinajstić information content (AvgIpc) is 2.45. The second-order valence-electron chi connectivity index (χ2n) is 6.32. The summed E-state index contributed by atoms with van der Waals surface area (Å²) in [6.45, 7) is 5.14. The summed E-state index contributed by atoms with van der Waals surface area (Å²) >= 11 is 0. The van der Waals surface area contributed by atoms with Crippen molar-refractivity contribution in [1.82, 2.24) is 10.2 Å². The molecule has 1 amide bonds. The van der Waals surface area contributed by atoms with E-state index in [1.807, 2.05) is 0 Å². The number of hydrogen-bond donors (Lipinski definition) is 1. The molecule has 1 aliphatic heterocycles. The number of piperazine rings is 1. The molecule has 1 N–H and O–H groups in total. The molecule has 0 aromatic heterocycles. The fourth-order valence-electron chi connectivity index (χ4n) is 3.73. The maximum absolute atomic E-state index is 12.5. The molecule has 3 nitrogen and oxygen atoms in total. The van der Waals surface area contributed by atoms with Gasteiger partial charge in [-0.05, 0) is 19.3 Å². The predicted octanol–water partition coefficient (Wildman–Crippen LogP) is 3.09. The molecule has 0 bridgehead atoms. The number of hydrogen-bond acceptors (Lipinski definition) is 2. The van der Waals surface area contributed by atoms with Crippen LogP contribution in [0.5, 0.6) is 0 Å². The van der Waals surface area contributed by atoms with Crippen molar-refractivity contribution in [1.29, 1.82) is 0 Å². The van der Waals surface area contributed by atoms with Gasteiger partial charge in [0.2, 0.25) is 5.91 Å². The molecule has 110 valence electrons. The van der Waals surface area contributed by atoms with Crippen LogP contribution < -0.4 is 5.32 Å². The number of nitrogens with one attached hydrogen (secondary N) is 1. The topological polar surface area (TPSA) is 32.3 Å². The first-order chi connectivity index (χ1) is 9.28. The van der Waals surface area contributed by atoms with E-state index in [2.05, 4.69) is 17.1 Å². The van der Waals surface area contributed by atoms with Gasteiger partial charge >= 0.3 is 0 Å². The van der Waals surface area contributed by atoms with Gasteiger partial charge in [-0.15, -0.1) is 0 Å². The molecule has 3 heteroatoms. The lowest BCUT2D eigenvalue weighted by molar-refractivity contribution is -0.141. The monoisotopic (exact) mass is 266 g/mol. The Morgan fingerprint density at radius 3 is 2.68 bits per heavy atom. The van der Waals surface area contributed by atoms with E-state index in [1.165, 1.54) is 51.4 Å². The zero-order valence-corrected chi connectivity index (χ0v) is 12.5. The molecule has 0 atom stereocenters. The van der Waals surface area contributed by atoms with Gasteiger partial charge in [-0.3, -0.25) is 4.79 Å². The SMILES string of the molecule is CCCCCCC(=O)N1CCNCC12CCCCC2. The highest BCUT2D eigenvalue weighted by Crippen LogP contribution is 2.35. The van der Waals surface area contributed by atoms with Gasteiger partial charge in [0.1, 0.15) is 0 Å². The van der Waals surface area contributed by atoms with Gasteiger partial charge < -0.3 is 10.2 Å². The van der Waals surface area contributed by atoms with Crippen LogP contribution in [0.4, 0.5) is 0 Å². The van der Waals surface area contributed by atoms with Crippen LogP contribution in [0, 0.1) is 0 Å². The van der Waals surface area contributed by atoms with Gasteiger partial charge in [-0.2, -0.15) is 0 Å². The minimum Gasteiger partial charge on any atom is -0.334 e. The second kappa shape index (κ2) is 7.28. The van der Waals surface area contributed by atoms with Crippen molar-refractivity contribution in [3.63, 3.8) is 0 Å². The molecule has 0 aromatic rings. The van der Waals surface area contributed by atoms with E-state index in [9.17, 15) is 4.79 Å². The van der Waals surface area contributed by atoms with E-state index in [0.717, 1.165) is 32.5 Å². The molecule has 2 fully saturated rings. The Balaban J connectivity index is 1.89. The van der Waals surface area contributed by atoms with Crippen molar-refractivity contribution in [2.75, 3.05) is 19.6 Å². The molecule has 1 spiro atoms. The first-order valence-corrected chi connectivity index (χ1v) is 8.30. The van der Waals surface area contributed by atoms with E-state index in [4.69, 9.17) is 0 Å². The van der Waals surface area contributed by atoms with Gasteiger partial charge in [0, 0.05) is 26.1 Å². The molecule has 1 saturated carbocycles. The van der Waals surface area contributed by atoms with Gasteiger partial charge in [0.25, 0.3) is 0 Å². The van der Waals surface area contributed by atoms with Crippen LogP contribution >= 0.6 is 0 Å². The Morgan fingerprint density at radius 2 is 1.95 bits per heavy atom. The highest BCUT2D eigenvalue weighted by Gasteiger charge is 2.41. The largest absolute Gasteiger partial charge is 0.334 e. The summed E-state index contributed by atoms with van der Waals surface area (Å²) in [5.74, 6) is 0.416. The normalized spacial score (nSPS) is 22.7. The van der Waals surface area contributed by atoms with Crippen LogP contribution in [0.2, 0.25) is 0 Å². The van der Waals surface area contributed by atoms with Gasteiger partial charge in [0.05, 0.1) is 5.54 Å². The molecule has 1 heterocycles. The molecule has 2 aliphatic rings. The van der Waals surface area contributed by atoms with Crippen LogP contribution in [-0.2, 0) is 4.79 Å². The van der Waals surface area contributed by atoms with Crippen LogP contribution in [-0.4, -0.2) is 36.0 Å². The molecule has 0 radical (unpaired) electrons. The van der Waals surface area contributed by atoms with Crippen molar-refractivity contribution in [3.05, 3.63) is 0 Å². The lowest BCUT2D eigenvalue weighted by Gasteiger charge is -2.50. The molecule has 1 aliphatic carbocycles. The van der Waals surface area contributed by atoms with Crippen molar-refractivity contribution >= 4 is 5.91 Å². The summed E-state index contributed by atoms with van der Waals surface area (Å²) < 4.78 is 0. The summed E-state index contributed by atoms with van der Waals surface area (Å²) in [7, 11) is 0. The van der Waals surface area contributed by atoms with Crippen LogP contribution in [0.15, 0.2) is 0 Å². The first kappa shape index (κ1) is 14.8. The molecule has 1 saturated heterocycles. The van der Waals surface area contributed by atoms with Crippen molar-refractivity contribution < 1.29 is 4.79 Å². The van der Waals surface area contributed by atoms with Crippen molar-refractivity contribution in [2.45, 2.75) is 76.7 Å². The molecule has 0 aromatic carbocycles. The first-order valence-electron chi connectivity index (χ1n) is 8.30.